The SMILES string of the molecule is CCO.NO. The van der Waals surface area contributed by atoms with Crippen LogP contribution in [0.1, 0.15) is 6.92 Å². The van der Waals surface area contributed by atoms with Gasteiger partial charge in [-0.25, -0.2) is 5.90 Å². The molecule has 0 rings (SSSR count). The summed E-state index contributed by atoms with van der Waals surface area (Å²) in [5, 5.41) is 14.1. The minimum absolute atomic E-state index is 0.250. The van der Waals surface area contributed by atoms with Gasteiger partial charge in [-0.3, -0.25) is 0 Å². The number of nitrogens with two attached hydrogens (primary N) is 1. The second-order valence-electron chi connectivity index (χ2n) is 0.316. The molecule has 3 nitrogen and oxygen atoms in total. The molecule has 0 aromatic rings. The van der Waals surface area contributed by atoms with Crippen LogP contribution in [0.25, 0.3) is 0 Å². The summed E-state index contributed by atoms with van der Waals surface area (Å²) in [6, 6.07) is 0. The Hall–Kier alpha value is -0.120. The van der Waals surface area contributed by atoms with Crippen LogP contribution in [0.15, 0.2) is 0 Å². The van der Waals surface area contributed by atoms with Gasteiger partial charge in [0, 0.05) is 6.61 Å². The van der Waals surface area contributed by atoms with Gasteiger partial charge >= 0.3 is 0 Å². The molecule has 4 N–H and O–H groups in total. The second kappa shape index (κ2) is 41.6. The standard InChI is InChI=1S/C2H6O.H3NO/c1-2-3;1-2/h3H,2H2,1H3;2H,1H2. The van der Waals surface area contributed by atoms with Crippen molar-refractivity contribution in [2.75, 3.05) is 6.61 Å². The summed E-state index contributed by atoms with van der Waals surface area (Å²) in [6.07, 6.45) is 0. The lowest BCUT2D eigenvalue weighted by Crippen LogP contribution is -1.72. The lowest BCUT2D eigenvalue weighted by molar-refractivity contribution is 0.311. The van der Waals surface area contributed by atoms with Gasteiger partial charge in [-0.1, -0.05) is 0 Å². The third-order valence-corrected chi connectivity index (χ3v) is 0. The highest BCUT2D eigenvalue weighted by atomic mass is 16.4. The Morgan fingerprint density at radius 3 is 1.60 bits per heavy atom. The normalized spacial score (nSPS) is 4.80. The molecule has 0 aromatic heterocycles. The van der Waals surface area contributed by atoms with E-state index in [9.17, 15) is 0 Å². The quantitative estimate of drug-likeness (QED) is 0.337. The van der Waals surface area contributed by atoms with E-state index >= 15 is 0 Å². The number of hydrogen-bond donors (Lipinski definition) is 3. The molecule has 0 heterocycles. The van der Waals surface area contributed by atoms with Crippen molar-refractivity contribution in [3.05, 3.63) is 0 Å². The third kappa shape index (κ3) is 952. The lowest BCUT2D eigenvalue weighted by atomic mass is 10.9. The molecule has 0 aliphatic carbocycles. The van der Waals surface area contributed by atoms with Crippen molar-refractivity contribution < 1.29 is 10.3 Å². The van der Waals surface area contributed by atoms with Crippen LogP contribution in [0, 0.1) is 0 Å². The van der Waals surface area contributed by atoms with E-state index < -0.39 is 0 Å². The maximum Gasteiger partial charge on any atom is 0.0402 e. The molecule has 5 heavy (non-hydrogen) atoms. The fraction of sp³-hybridized carbons (Fsp3) is 1.00. The van der Waals surface area contributed by atoms with Crippen LogP contribution in [-0.2, 0) is 0 Å². The summed E-state index contributed by atoms with van der Waals surface area (Å²) < 4.78 is 0. The van der Waals surface area contributed by atoms with Crippen LogP contribution in [-0.4, -0.2) is 16.9 Å². The smallest absolute Gasteiger partial charge is 0.0402 e. The van der Waals surface area contributed by atoms with E-state index in [-0.39, 0.29) is 6.61 Å². The molecular formula is C2H9NO2. The Kier molecular flexibility index (Phi) is 73.6. The van der Waals surface area contributed by atoms with Crippen LogP contribution in [0.3, 0.4) is 0 Å². The number of aliphatic hydroxyl groups is 1. The molecular weight excluding hydrogens is 70.0 g/mol. The predicted octanol–water partition coefficient (Wildman–Crippen LogP) is -0.667. The molecule has 0 saturated heterocycles. The summed E-state index contributed by atoms with van der Waals surface area (Å²) in [6.45, 7) is 1.93. The van der Waals surface area contributed by atoms with Crippen LogP contribution in [0.5, 0.6) is 0 Å². The van der Waals surface area contributed by atoms with Gasteiger partial charge in [0.2, 0.25) is 0 Å². The first-order valence-electron chi connectivity index (χ1n) is 1.28. The van der Waals surface area contributed by atoms with E-state index in [1.54, 1.807) is 6.92 Å². The summed E-state index contributed by atoms with van der Waals surface area (Å²) >= 11 is 0. The van der Waals surface area contributed by atoms with Gasteiger partial charge in [-0.2, -0.15) is 0 Å². The van der Waals surface area contributed by atoms with Gasteiger partial charge in [0.05, 0.1) is 0 Å². The second-order valence-corrected chi connectivity index (χ2v) is 0.316. The highest BCUT2D eigenvalue weighted by Crippen LogP contribution is 1.30. The summed E-state index contributed by atoms with van der Waals surface area (Å²) in [5.74, 6) is 3.50. The zero-order chi connectivity index (χ0) is 4.71. The fourth-order valence-electron chi connectivity index (χ4n) is 0. The van der Waals surface area contributed by atoms with Crippen LogP contribution >= 0.6 is 0 Å². The van der Waals surface area contributed by atoms with Gasteiger partial charge in [0.15, 0.2) is 0 Å². The first-order chi connectivity index (χ1) is 2.41. The Morgan fingerprint density at radius 2 is 1.60 bits per heavy atom. The molecule has 0 radical (unpaired) electrons. The number of aliphatic hydroxyl groups excluding tert-OH is 1. The monoisotopic (exact) mass is 79.1 g/mol. The van der Waals surface area contributed by atoms with Crippen molar-refractivity contribution in [3.63, 3.8) is 0 Å². The van der Waals surface area contributed by atoms with Crippen molar-refractivity contribution in [2.45, 2.75) is 6.92 Å². The molecule has 0 aromatic carbocycles. The Labute approximate surface area is 31.0 Å². The van der Waals surface area contributed by atoms with Crippen molar-refractivity contribution in [1.29, 1.82) is 0 Å². The molecule has 34 valence electrons. The number of hydrogen-bond acceptors (Lipinski definition) is 3. The average Bonchev–Trinajstić information content (AvgIpc) is 1.46. The molecule has 0 aliphatic heterocycles. The molecule has 0 atom stereocenters. The summed E-state index contributed by atoms with van der Waals surface area (Å²) in [7, 11) is 0. The van der Waals surface area contributed by atoms with E-state index in [0.717, 1.165) is 0 Å². The Bertz CT molecular complexity index is 7.61. The van der Waals surface area contributed by atoms with Gasteiger partial charge in [-0.15, -0.1) is 0 Å². The average molecular weight is 79.1 g/mol. The highest BCUT2D eigenvalue weighted by Gasteiger charge is 1.34. The summed E-state index contributed by atoms with van der Waals surface area (Å²) in [4.78, 5) is 0. The molecule has 0 fully saturated rings. The van der Waals surface area contributed by atoms with Crippen molar-refractivity contribution in [1.82, 2.24) is 0 Å². The minimum Gasteiger partial charge on any atom is -0.397 e. The zero-order valence-electron chi connectivity index (χ0n) is 3.18. The molecule has 0 saturated carbocycles. The third-order valence-electron chi connectivity index (χ3n) is 0. The minimum atomic E-state index is 0.250. The van der Waals surface area contributed by atoms with Crippen molar-refractivity contribution in [2.24, 2.45) is 5.90 Å². The molecule has 3 heteroatoms. The maximum absolute atomic E-state index is 7.57. The zero-order valence-corrected chi connectivity index (χ0v) is 3.18. The molecule has 0 amide bonds. The van der Waals surface area contributed by atoms with Gasteiger partial charge in [0.25, 0.3) is 0 Å². The molecule has 0 unspecified atom stereocenters. The first-order valence-corrected chi connectivity index (χ1v) is 1.28. The largest absolute Gasteiger partial charge is 0.397 e. The molecule has 0 aliphatic rings. The maximum atomic E-state index is 7.57. The van der Waals surface area contributed by atoms with Crippen molar-refractivity contribution in [3.8, 4) is 0 Å². The first kappa shape index (κ1) is 8.86. The lowest BCUT2D eigenvalue weighted by Gasteiger charge is -1.52. The van der Waals surface area contributed by atoms with E-state index in [0.29, 0.717) is 0 Å². The van der Waals surface area contributed by atoms with Crippen LogP contribution in [0.2, 0.25) is 0 Å². The van der Waals surface area contributed by atoms with Gasteiger partial charge in [-0.05, 0) is 6.92 Å². The van der Waals surface area contributed by atoms with Crippen LogP contribution < -0.4 is 5.90 Å². The number of rotatable bonds is 0. The van der Waals surface area contributed by atoms with Gasteiger partial charge < -0.3 is 10.3 Å². The Morgan fingerprint density at radius 1 is 1.60 bits per heavy atom. The fourth-order valence-corrected chi connectivity index (χ4v) is 0. The highest BCUT2D eigenvalue weighted by molar-refractivity contribution is 3.84. The molecule has 0 spiro atoms. The summed E-state index contributed by atoms with van der Waals surface area (Å²) in [5.41, 5.74) is 0. The molecule has 0 bridgehead atoms. The van der Waals surface area contributed by atoms with Gasteiger partial charge in [0.1, 0.15) is 0 Å². The van der Waals surface area contributed by atoms with E-state index in [2.05, 4.69) is 5.90 Å². The van der Waals surface area contributed by atoms with E-state index in [1.807, 2.05) is 0 Å². The topological polar surface area (TPSA) is 66.5 Å². The van der Waals surface area contributed by atoms with Crippen molar-refractivity contribution >= 4 is 0 Å². The van der Waals surface area contributed by atoms with Crippen LogP contribution in [0.4, 0.5) is 0 Å². The predicted molar refractivity (Wildman–Crippen MR) is 18.7 cm³/mol. The Balaban J connectivity index is 0. The van der Waals surface area contributed by atoms with E-state index in [4.69, 9.17) is 10.3 Å². The van der Waals surface area contributed by atoms with E-state index in [1.165, 1.54) is 0 Å².